The molecule has 0 aliphatic carbocycles. The molecule has 0 heterocycles. The minimum absolute atomic E-state index is 0.788. The van der Waals surface area contributed by atoms with Crippen LogP contribution in [-0.4, -0.2) is 27.3 Å². The fourth-order valence-corrected chi connectivity index (χ4v) is 91.3. The highest BCUT2D eigenvalue weighted by atomic mass is 127. The second-order valence-electron chi connectivity index (χ2n) is 8.56. The van der Waals surface area contributed by atoms with Crippen molar-refractivity contribution >= 4 is 70.9 Å². The smallest absolute Gasteiger partial charge is 0.105 e. The van der Waals surface area contributed by atoms with E-state index in [4.69, 9.17) is 0 Å². The van der Waals surface area contributed by atoms with Crippen LogP contribution in [0.3, 0.4) is 0 Å². The summed E-state index contributed by atoms with van der Waals surface area (Å²) in [6.07, 6.45) is 0. The quantitative estimate of drug-likeness (QED) is 0.206. The maximum Gasteiger partial charge on any atom is 0.190 e. The zero-order valence-corrected chi connectivity index (χ0v) is 22.3. The highest BCUT2D eigenvalue weighted by Crippen LogP contribution is 2.64. The third-order valence-electron chi connectivity index (χ3n) is 4.37. The zero-order chi connectivity index (χ0) is 15.2. The molecule has 6 heteroatoms. The molecular formula is C12H32I2Si4. The van der Waals surface area contributed by atoms with Crippen molar-refractivity contribution in [1.29, 1.82) is 0 Å². The molecule has 0 aromatic carbocycles. The molecule has 0 saturated carbocycles. The Labute approximate surface area is 145 Å². The Balaban J connectivity index is 6.47. The van der Waals surface area contributed by atoms with Crippen LogP contribution in [0.5, 0.6) is 0 Å². The zero-order valence-electron chi connectivity index (χ0n) is 14.0. The van der Waals surface area contributed by atoms with Gasteiger partial charge in [-0.1, -0.05) is 65.8 Å². The van der Waals surface area contributed by atoms with Crippen molar-refractivity contribution in [3.05, 3.63) is 0 Å². The van der Waals surface area contributed by atoms with E-state index in [-0.39, 0.29) is 0 Å². The number of hydrogen-bond donors (Lipinski definition) is 0. The number of halogens is 2. The van der Waals surface area contributed by atoms with E-state index < -0.39 is 27.3 Å². The molecule has 0 spiro atoms. The standard InChI is InChI=1S/C12H32I2Si4/c1-11-18(13,14)12(15(2,3)4,16(5,6)7)17(8,9)10/h11H2,1-10H3. The Morgan fingerprint density at radius 1 is 0.667 bits per heavy atom. The molecule has 0 aliphatic heterocycles. The molecule has 110 valence electrons. The van der Waals surface area contributed by atoms with Gasteiger partial charge in [-0.05, 0) is 9.95 Å². The van der Waals surface area contributed by atoms with E-state index in [0.29, 0.717) is 0 Å². The van der Waals surface area contributed by atoms with Crippen LogP contribution in [0.4, 0.5) is 0 Å². The van der Waals surface area contributed by atoms with Gasteiger partial charge in [-0.2, -0.15) is 0 Å². The third kappa shape index (κ3) is 3.22. The Bertz CT molecular complexity index is 259. The highest BCUT2D eigenvalue weighted by molar-refractivity contribution is 14.3. The second kappa shape index (κ2) is 5.84. The third-order valence-corrected chi connectivity index (χ3v) is 55.8. The van der Waals surface area contributed by atoms with Crippen molar-refractivity contribution in [2.45, 2.75) is 75.8 Å². The van der Waals surface area contributed by atoms with Crippen molar-refractivity contribution in [2.75, 3.05) is 0 Å². The lowest BCUT2D eigenvalue weighted by atomic mass is 11.0. The van der Waals surface area contributed by atoms with E-state index in [1.54, 1.807) is 0 Å². The molecule has 18 heavy (non-hydrogen) atoms. The van der Waals surface area contributed by atoms with Crippen LogP contribution < -0.4 is 0 Å². The Morgan fingerprint density at radius 2 is 0.889 bits per heavy atom. The Hall–Kier alpha value is 2.33. The molecule has 0 nitrogen and oxygen atoms in total. The van der Waals surface area contributed by atoms with Gasteiger partial charge in [-0.3, -0.25) is 0 Å². The predicted molar refractivity (Wildman–Crippen MR) is 117 cm³/mol. The fraction of sp³-hybridized carbons (Fsp3) is 1.00. The van der Waals surface area contributed by atoms with E-state index in [2.05, 4.69) is 109 Å². The maximum absolute atomic E-state index is 2.96. The first-order valence-corrected chi connectivity index (χ1v) is 25.9. The van der Waals surface area contributed by atoms with Crippen molar-refractivity contribution in [2.24, 2.45) is 0 Å². The van der Waals surface area contributed by atoms with Crippen LogP contribution in [0.1, 0.15) is 6.92 Å². The summed E-state index contributed by atoms with van der Waals surface area (Å²) < 4.78 is -0.450. The van der Waals surface area contributed by atoms with Gasteiger partial charge in [0.05, 0.1) is 0 Å². The molecule has 0 fully saturated rings. The van der Waals surface area contributed by atoms with Crippen molar-refractivity contribution in [3.8, 4) is 0 Å². The van der Waals surface area contributed by atoms with Gasteiger partial charge in [0, 0.05) is 24.2 Å². The average molecular weight is 543 g/mol. The molecule has 0 saturated heterocycles. The van der Waals surface area contributed by atoms with Gasteiger partial charge in [0.25, 0.3) is 0 Å². The molecule has 0 bridgehead atoms. The van der Waals surface area contributed by atoms with Gasteiger partial charge >= 0.3 is 0 Å². The highest BCUT2D eigenvalue weighted by Gasteiger charge is 2.68. The molecule has 0 radical (unpaired) electrons. The molecule has 0 aromatic heterocycles. The summed E-state index contributed by atoms with van der Waals surface area (Å²) >= 11 is 5.92. The molecule has 0 rings (SSSR count). The summed E-state index contributed by atoms with van der Waals surface area (Å²) in [4.78, 5) is 0. The molecule has 0 N–H and O–H groups in total. The van der Waals surface area contributed by atoms with Crippen LogP contribution in [0.25, 0.3) is 0 Å². The normalized spacial score (nSPS) is 16.0. The van der Waals surface area contributed by atoms with Crippen molar-refractivity contribution < 1.29 is 0 Å². The second-order valence-corrected chi connectivity index (χ2v) is 47.4. The first-order valence-electron chi connectivity index (χ1n) is 6.94. The Kier molecular flexibility index (Phi) is 6.60. The van der Waals surface area contributed by atoms with Crippen molar-refractivity contribution in [1.82, 2.24) is 0 Å². The average Bonchev–Trinajstić information content (AvgIpc) is 1.94. The maximum atomic E-state index is 2.96. The molecular weight excluding hydrogens is 510 g/mol. The molecule has 0 unspecified atom stereocenters. The lowest BCUT2D eigenvalue weighted by Gasteiger charge is -2.64. The summed E-state index contributed by atoms with van der Waals surface area (Å²) in [5, 5.41) is 0. The SMILES string of the molecule is CC[Si](I)(I)C([Si](C)(C)C)([Si](C)(C)C)[Si](C)(C)C. The predicted octanol–water partition coefficient (Wildman–Crippen LogP) is 6.69. The lowest BCUT2D eigenvalue weighted by molar-refractivity contribution is 1.20. The first kappa shape index (κ1) is 20.3. The minimum Gasteiger partial charge on any atom is -0.105 e. The molecule has 0 aromatic rings. The summed E-state index contributed by atoms with van der Waals surface area (Å²) in [5.74, 6) is 0. The largest absolute Gasteiger partial charge is 0.190 e. The van der Waals surface area contributed by atoms with Gasteiger partial charge in [-0.25, -0.2) is 0 Å². The van der Waals surface area contributed by atoms with E-state index in [1.165, 1.54) is 6.04 Å². The lowest BCUT2D eigenvalue weighted by Crippen LogP contribution is -2.73. The van der Waals surface area contributed by atoms with Gasteiger partial charge in [-0.15, -0.1) is 43.6 Å². The van der Waals surface area contributed by atoms with Crippen LogP contribution >= 0.6 is 43.6 Å². The number of hydrogen-bond acceptors (Lipinski definition) is 0. The number of rotatable bonds is 5. The van der Waals surface area contributed by atoms with Crippen LogP contribution in [0.2, 0.25) is 68.9 Å². The minimum atomic E-state index is -1.24. The van der Waals surface area contributed by atoms with E-state index in [9.17, 15) is 0 Å². The van der Waals surface area contributed by atoms with E-state index in [0.717, 1.165) is 3.91 Å². The van der Waals surface area contributed by atoms with E-state index in [1.807, 2.05) is 0 Å². The monoisotopic (exact) mass is 542 g/mol. The Morgan fingerprint density at radius 3 is 0.944 bits per heavy atom. The van der Waals surface area contributed by atoms with Gasteiger partial charge < -0.3 is 0 Å². The molecule has 0 aliphatic rings. The first-order chi connectivity index (χ1) is 7.56. The van der Waals surface area contributed by atoms with Gasteiger partial charge in [0.2, 0.25) is 0 Å². The van der Waals surface area contributed by atoms with Crippen LogP contribution in [0.15, 0.2) is 0 Å². The summed E-state index contributed by atoms with van der Waals surface area (Å²) in [7, 11) is -3.58. The van der Waals surface area contributed by atoms with Crippen molar-refractivity contribution in [3.63, 3.8) is 0 Å². The van der Waals surface area contributed by atoms with Gasteiger partial charge in [0.1, 0.15) is 0 Å². The van der Waals surface area contributed by atoms with E-state index >= 15 is 0 Å². The summed E-state index contributed by atoms with van der Waals surface area (Å²) in [6, 6.07) is 1.44. The topological polar surface area (TPSA) is 0 Å². The van der Waals surface area contributed by atoms with Crippen LogP contribution in [0, 0.1) is 0 Å². The summed E-state index contributed by atoms with van der Waals surface area (Å²) in [5.41, 5.74) is 0. The molecule has 0 atom stereocenters. The fourth-order valence-electron chi connectivity index (χ4n) is 5.29. The molecule has 0 amide bonds. The van der Waals surface area contributed by atoms with Crippen LogP contribution in [-0.2, 0) is 0 Å². The van der Waals surface area contributed by atoms with Gasteiger partial charge in [0.15, 0.2) is 3.07 Å². The summed E-state index contributed by atoms with van der Waals surface area (Å²) in [6.45, 7) is 26.4.